The standard InChI is InChI=1S/C29H37N7O3S/c1-18-12-13-20-24(16-18)40-27(35-20)25(37)21(10-6-14-33-29(30)31)34-26(38)23-11-7-15-36(23)28(39)22(32-2)17-19-8-4-3-5-9-19/h3-5,8-9,12-13,16,21-23,32H,6-7,10-11,14-15,17H2,1-2H3,(H,34,38)(H4,30,31,33)/t21?,22-,23+/m1/s1. The lowest BCUT2D eigenvalue weighted by molar-refractivity contribution is -0.140. The number of thiazole rings is 1. The minimum Gasteiger partial charge on any atom is -0.370 e. The molecule has 1 unspecified atom stereocenters. The average Bonchev–Trinajstić information content (AvgIpc) is 3.60. The van der Waals surface area contributed by atoms with Gasteiger partial charge >= 0.3 is 0 Å². The van der Waals surface area contributed by atoms with E-state index >= 15 is 0 Å². The lowest BCUT2D eigenvalue weighted by Gasteiger charge is -2.29. The Kier molecular flexibility index (Phi) is 9.84. The highest BCUT2D eigenvalue weighted by Gasteiger charge is 2.38. The molecule has 10 nitrogen and oxygen atoms in total. The van der Waals surface area contributed by atoms with E-state index < -0.39 is 18.1 Å². The number of amides is 2. The van der Waals surface area contributed by atoms with Crippen LogP contribution in [0.15, 0.2) is 53.5 Å². The highest BCUT2D eigenvalue weighted by atomic mass is 32.1. The monoisotopic (exact) mass is 563 g/mol. The summed E-state index contributed by atoms with van der Waals surface area (Å²) in [5, 5.41) is 6.39. The molecule has 3 atom stereocenters. The fourth-order valence-corrected chi connectivity index (χ4v) is 6.05. The molecule has 0 radical (unpaired) electrons. The molecule has 212 valence electrons. The van der Waals surface area contributed by atoms with E-state index in [9.17, 15) is 14.4 Å². The van der Waals surface area contributed by atoms with Crippen LogP contribution in [0.2, 0.25) is 0 Å². The summed E-state index contributed by atoms with van der Waals surface area (Å²) >= 11 is 1.31. The minimum absolute atomic E-state index is 0.0249. The largest absolute Gasteiger partial charge is 0.370 e. The number of likely N-dealkylation sites (tertiary alicyclic amines) is 1. The number of hydrogen-bond acceptors (Lipinski definition) is 7. The number of nitrogens with zero attached hydrogens (tertiary/aromatic N) is 3. The van der Waals surface area contributed by atoms with E-state index in [4.69, 9.17) is 11.5 Å². The van der Waals surface area contributed by atoms with E-state index in [2.05, 4.69) is 20.6 Å². The molecule has 3 aromatic rings. The zero-order chi connectivity index (χ0) is 28.6. The van der Waals surface area contributed by atoms with Crippen molar-refractivity contribution < 1.29 is 14.4 Å². The van der Waals surface area contributed by atoms with Crippen LogP contribution in [-0.4, -0.2) is 71.7 Å². The van der Waals surface area contributed by atoms with Crippen LogP contribution in [0.25, 0.3) is 10.2 Å². The molecule has 4 rings (SSSR count). The first kappa shape index (κ1) is 29.2. The summed E-state index contributed by atoms with van der Waals surface area (Å²) in [6.07, 6.45) is 2.60. The predicted octanol–water partition coefficient (Wildman–Crippen LogP) is 2.15. The summed E-state index contributed by atoms with van der Waals surface area (Å²) in [6, 6.07) is 13.7. The van der Waals surface area contributed by atoms with Crippen LogP contribution in [0.1, 0.15) is 46.6 Å². The van der Waals surface area contributed by atoms with Gasteiger partial charge in [-0.15, -0.1) is 11.3 Å². The van der Waals surface area contributed by atoms with Gasteiger partial charge in [-0.25, -0.2) is 4.98 Å². The van der Waals surface area contributed by atoms with Gasteiger partial charge in [0.25, 0.3) is 0 Å². The van der Waals surface area contributed by atoms with Crippen LogP contribution < -0.4 is 22.1 Å². The molecule has 2 aromatic carbocycles. The molecule has 1 saturated heterocycles. The number of benzene rings is 2. The first-order valence-corrected chi connectivity index (χ1v) is 14.4. The normalized spacial score (nSPS) is 16.4. The lowest BCUT2D eigenvalue weighted by Crippen LogP contribution is -2.54. The second kappa shape index (κ2) is 13.5. The van der Waals surface area contributed by atoms with E-state index in [1.807, 2.05) is 55.5 Å². The van der Waals surface area contributed by atoms with Gasteiger partial charge in [0.15, 0.2) is 11.0 Å². The topological polar surface area (TPSA) is 156 Å². The fourth-order valence-electron chi connectivity index (χ4n) is 4.99. The maximum absolute atomic E-state index is 13.6. The van der Waals surface area contributed by atoms with Crippen molar-refractivity contribution in [2.75, 3.05) is 20.1 Å². The van der Waals surface area contributed by atoms with Crippen LogP contribution in [0.4, 0.5) is 0 Å². The Morgan fingerprint density at radius 1 is 1.15 bits per heavy atom. The van der Waals surface area contributed by atoms with Gasteiger partial charge in [0.2, 0.25) is 17.6 Å². The zero-order valence-corrected chi connectivity index (χ0v) is 23.7. The van der Waals surface area contributed by atoms with Gasteiger partial charge in [-0.2, -0.15) is 0 Å². The SMILES string of the molecule is CN[C@H](Cc1ccccc1)C(=O)N1CCC[C@H]1C(=O)NC(CCCN=C(N)N)C(=O)c1nc2ccc(C)cc2s1. The number of fused-ring (bicyclic) bond motifs is 1. The molecule has 1 aliphatic rings. The van der Waals surface area contributed by atoms with E-state index in [0.717, 1.165) is 21.3 Å². The molecule has 0 saturated carbocycles. The molecular weight excluding hydrogens is 526 g/mol. The predicted molar refractivity (Wildman–Crippen MR) is 158 cm³/mol. The Morgan fingerprint density at radius 3 is 2.65 bits per heavy atom. The molecule has 11 heteroatoms. The van der Waals surface area contributed by atoms with Crippen molar-refractivity contribution in [3.8, 4) is 0 Å². The number of rotatable bonds is 12. The summed E-state index contributed by atoms with van der Waals surface area (Å²) in [4.78, 5) is 50.9. The van der Waals surface area contributed by atoms with Crippen LogP contribution in [-0.2, 0) is 16.0 Å². The molecule has 0 aliphatic carbocycles. The number of aliphatic imine (C=N–C) groups is 1. The Bertz CT molecular complexity index is 1370. The highest BCUT2D eigenvalue weighted by molar-refractivity contribution is 7.20. The van der Waals surface area contributed by atoms with Crippen molar-refractivity contribution in [1.29, 1.82) is 0 Å². The molecule has 1 fully saturated rings. The summed E-state index contributed by atoms with van der Waals surface area (Å²) in [6.45, 7) is 2.81. The Hall–Kier alpha value is -3.83. The van der Waals surface area contributed by atoms with Gasteiger partial charge in [0.05, 0.1) is 22.3 Å². The van der Waals surface area contributed by atoms with Crippen LogP contribution >= 0.6 is 11.3 Å². The Morgan fingerprint density at radius 2 is 1.93 bits per heavy atom. The van der Waals surface area contributed by atoms with Crippen molar-refractivity contribution in [3.05, 3.63) is 64.7 Å². The minimum atomic E-state index is -0.815. The third kappa shape index (κ3) is 7.22. The Balaban J connectivity index is 1.49. The first-order valence-electron chi connectivity index (χ1n) is 13.6. The van der Waals surface area contributed by atoms with Gasteiger partial charge in [-0.3, -0.25) is 19.4 Å². The number of ketones is 1. The van der Waals surface area contributed by atoms with E-state index in [0.29, 0.717) is 50.2 Å². The summed E-state index contributed by atoms with van der Waals surface area (Å²) in [7, 11) is 1.75. The van der Waals surface area contributed by atoms with Gasteiger partial charge in [0.1, 0.15) is 6.04 Å². The number of nitrogens with two attached hydrogens (primary N) is 2. The van der Waals surface area contributed by atoms with Crippen molar-refractivity contribution >= 4 is 45.1 Å². The molecule has 6 N–H and O–H groups in total. The smallest absolute Gasteiger partial charge is 0.243 e. The lowest BCUT2D eigenvalue weighted by atomic mass is 10.0. The first-order chi connectivity index (χ1) is 19.3. The van der Waals surface area contributed by atoms with Crippen molar-refractivity contribution in [2.45, 2.75) is 57.2 Å². The number of aromatic nitrogens is 1. The zero-order valence-electron chi connectivity index (χ0n) is 22.9. The molecule has 1 aromatic heterocycles. The van der Waals surface area contributed by atoms with Crippen molar-refractivity contribution in [3.63, 3.8) is 0 Å². The number of hydrogen-bond donors (Lipinski definition) is 4. The quantitative estimate of drug-likeness (QED) is 0.114. The van der Waals surface area contributed by atoms with Gasteiger partial charge < -0.3 is 27.0 Å². The van der Waals surface area contributed by atoms with Gasteiger partial charge in [-0.05, 0) is 69.3 Å². The summed E-state index contributed by atoms with van der Waals surface area (Å²) in [5.41, 5.74) is 13.8. The number of guanidine groups is 1. The maximum atomic E-state index is 13.6. The molecule has 2 heterocycles. The van der Waals surface area contributed by atoms with Crippen LogP contribution in [0.3, 0.4) is 0 Å². The van der Waals surface area contributed by atoms with E-state index in [1.165, 1.54) is 11.3 Å². The second-order valence-corrected chi connectivity index (χ2v) is 11.1. The number of likely N-dealkylation sites (N-methyl/N-ethyl adjacent to an activating group) is 1. The van der Waals surface area contributed by atoms with E-state index in [-0.39, 0.29) is 23.6 Å². The third-order valence-corrected chi connectivity index (χ3v) is 8.13. The second-order valence-electron chi connectivity index (χ2n) is 10.1. The molecular formula is C29H37N7O3S. The van der Waals surface area contributed by atoms with E-state index in [1.54, 1.807) is 11.9 Å². The maximum Gasteiger partial charge on any atom is 0.243 e. The molecule has 2 amide bonds. The molecule has 0 bridgehead atoms. The van der Waals surface area contributed by atoms with Crippen LogP contribution in [0, 0.1) is 6.92 Å². The van der Waals surface area contributed by atoms with Crippen molar-refractivity contribution in [2.24, 2.45) is 16.5 Å². The number of aryl methyl sites for hydroxylation is 1. The highest BCUT2D eigenvalue weighted by Crippen LogP contribution is 2.25. The fraction of sp³-hybridized carbons (Fsp3) is 0.414. The van der Waals surface area contributed by atoms with Crippen molar-refractivity contribution in [1.82, 2.24) is 20.5 Å². The number of carbonyl (C=O) groups is 3. The summed E-state index contributed by atoms with van der Waals surface area (Å²) < 4.78 is 0.915. The molecule has 0 spiro atoms. The number of Topliss-reactive ketones (excluding diaryl/α,β-unsaturated/α-hetero) is 1. The molecule has 40 heavy (non-hydrogen) atoms. The van der Waals surface area contributed by atoms with Gasteiger partial charge in [-0.1, -0.05) is 36.4 Å². The molecule has 1 aliphatic heterocycles. The number of nitrogens with one attached hydrogen (secondary N) is 2. The Labute approximate surface area is 238 Å². The third-order valence-electron chi connectivity index (χ3n) is 7.10. The summed E-state index contributed by atoms with van der Waals surface area (Å²) in [5.74, 6) is -0.744. The average molecular weight is 564 g/mol. The van der Waals surface area contributed by atoms with Crippen LogP contribution in [0.5, 0.6) is 0 Å². The number of carbonyl (C=O) groups excluding carboxylic acids is 3. The van der Waals surface area contributed by atoms with Gasteiger partial charge in [0, 0.05) is 13.1 Å².